The second-order valence-electron chi connectivity index (χ2n) is 7.01. The van der Waals surface area contributed by atoms with Gasteiger partial charge in [-0.3, -0.25) is 4.90 Å². The molecule has 2 nitrogen and oxygen atoms in total. The van der Waals surface area contributed by atoms with E-state index in [4.69, 9.17) is 5.73 Å². The van der Waals surface area contributed by atoms with Crippen molar-refractivity contribution in [3.05, 3.63) is 35.1 Å². The number of benzene rings is 1. The molecule has 116 valence electrons. The minimum atomic E-state index is -0.159. The van der Waals surface area contributed by atoms with Crippen molar-refractivity contribution in [3.8, 4) is 0 Å². The Morgan fingerprint density at radius 2 is 1.62 bits per heavy atom. The standard InChI is InChI=1S/C18H27FN2/c19-17-11-15(13-20)10-16(12-17)14-21-8-6-18(7-9-21)4-2-1-3-5-18/h10-12H,1-9,13-14,20H2. The molecule has 1 heterocycles. The van der Waals surface area contributed by atoms with Crippen LogP contribution in [0.2, 0.25) is 0 Å². The summed E-state index contributed by atoms with van der Waals surface area (Å²) in [6.45, 7) is 3.59. The van der Waals surface area contributed by atoms with Gasteiger partial charge in [0.05, 0.1) is 0 Å². The van der Waals surface area contributed by atoms with Crippen LogP contribution in [0, 0.1) is 11.2 Å². The molecule has 2 N–H and O–H groups in total. The number of nitrogens with zero attached hydrogens (tertiary/aromatic N) is 1. The number of piperidine rings is 1. The molecule has 0 bridgehead atoms. The zero-order valence-electron chi connectivity index (χ0n) is 12.9. The lowest BCUT2D eigenvalue weighted by Gasteiger charge is -2.44. The van der Waals surface area contributed by atoms with Crippen LogP contribution in [0.5, 0.6) is 0 Å². The highest BCUT2D eigenvalue weighted by molar-refractivity contribution is 5.24. The molecule has 1 saturated heterocycles. The highest BCUT2D eigenvalue weighted by Crippen LogP contribution is 2.44. The summed E-state index contributed by atoms with van der Waals surface area (Å²) in [5.41, 5.74) is 8.23. The third-order valence-electron chi connectivity index (χ3n) is 5.49. The number of hydrogen-bond donors (Lipinski definition) is 1. The first kappa shape index (κ1) is 15.0. The number of rotatable bonds is 3. The van der Waals surface area contributed by atoms with Gasteiger partial charge in [0.2, 0.25) is 0 Å². The Bertz CT molecular complexity index is 470. The molecule has 0 amide bonds. The van der Waals surface area contributed by atoms with Crippen LogP contribution in [-0.4, -0.2) is 18.0 Å². The van der Waals surface area contributed by atoms with Crippen molar-refractivity contribution in [1.82, 2.24) is 4.90 Å². The van der Waals surface area contributed by atoms with Gasteiger partial charge in [0.15, 0.2) is 0 Å². The van der Waals surface area contributed by atoms with E-state index in [0.29, 0.717) is 12.0 Å². The van der Waals surface area contributed by atoms with E-state index < -0.39 is 0 Å². The molecule has 3 rings (SSSR count). The first-order chi connectivity index (χ1) is 10.2. The molecule has 1 spiro atoms. The second kappa shape index (κ2) is 6.45. The molecule has 3 heteroatoms. The Balaban J connectivity index is 1.59. The summed E-state index contributed by atoms with van der Waals surface area (Å²) < 4.78 is 13.6. The molecule has 21 heavy (non-hydrogen) atoms. The van der Waals surface area contributed by atoms with Crippen LogP contribution < -0.4 is 5.73 Å². The molecule has 2 aliphatic rings. The van der Waals surface area contributed by atoms with Gasteiger partial charge in [-0.25, -0.2) is 4.39 Å². The maximum atomic E-state index is 13.6. The molecule has 0 radical (unpaired) electrons. The van der Waals surface area contributed by atoms with E-state index in [1.165, 1.54) is 51.0 Å². The molecule has 1 aliphatic carbocycles. The van der Waals surface area contributed by atoms with Gasteiger partial charge in [0.25, 0.3) is 0 Å². The first-order valence-electron chi connectivity index (χ1n) is 8.40. The third kappa shape index (κ3) is 3.64. The fourth-order valence-electron chi connectivity index (χ4n) is 4.17. The van der Waals surface area contributed by atoms with Crippen molar-refractivity contribution in [2.75, 3.05) is 13.1 Å². The highest BCUT2D eigenvalue weighted by Gasteiger charge is 2.35. The monoisotopic (exact) mass is 290 g/mol. The quantitative estimate of drug-likeness (QED) is 0.916. The van der Waals surface area contributed by atoms with Gasteiger partial charge in [-0.05, 0) is 67.4 Å². The fourth-order valence-corrected chi connectivity index (χ4v) is 4.17. The van der Waals surface area contributed by atoms with Crippen molar-refractivity contribution >= 4 is 0 Å². The van der Waals surface area contributed by atoms with E-state index in [1.807, 2.05) is 6.07 Å². The van der Waals surface area contributed by atoms with E-state index in [-0.39, 0.29) is 5.82 Å². The average Bonchev–Trinajstić information content (AvgIpc) is 2.50. The maximum absolute atomic E-state index is 13.6. The number of hydrogen-bond acceptors (Lipinski definition) is 2. The molecular formula is C18H27FN2. The fraction of sp³-hybridized carbons (Fsp3) is 0.667. The summed E-state index contributed by atoms with van der Waals surface area (Å²) in [5, 5.41) is 0. The van der Waals surface area contributed by atoms with Crippen LogP contribution in [0.3, 0.4) is 0 Å². The summed E-state index contributed by atoms with van der Waals surface area (Å²) in [6, 6.07) is 5.24. The molecular weight excluding hydrogens is 263 g/mol. The van der Waals surface area contributed by atoms with Crippen LogP contribution in [0.1, 0.15) is 56.1 Å². The predicted octanol–water partition coefficient (Wildman–Crippen LogP) is 3.83. The Hall–Kier alpha value is -0.930. The third-order valence-corrected chi connectivity index (χ3v) is 5.49. The summed E-state index contributed by atoms with van der Waals surface area (Å²) >= 11 is 0. The largest absolute Gasteiger partial charge is 0.326 e. The van der Waals surface area contributed by atoms with Crippen LogP contribution in [0.4, 0.5) is 4.39 Å². The van der Waals surface area contributed by atoms with Crippen LogP contribution in [-0.2, 0) is 13.1 Å². The van der Waals surface area contributed by atoms with Crippen molar-refractivity contribution in [3.63, 3.8) is 0 Å². The Morgan fingerprint density at radius 1 is 0.952 bits per heavy atom. The van der Waals surface area contributed by atoms with Gasteiger partial charge in [0.1, 0.15) is 5.82 Å². The van der Waals surface area contributed by atoms with Gasteiger partial charge in [0, 0.05) is 13.1 Å². The lowest BCUT2D eigenvalue weighted by atomic mass is 9.68. The second-order valence-corrected chi connectivity index (χ2v) is 7.01. The van der Waals surface area contributed by atoms with E-state index in [2.05, 4.69) is 4.90 Å². The van der Waals surface area contributed by atoms with Crippen molar-refractivity contribution in [1.29, 1.82) is 0 Å². The van der Waals surface area contributed by atoms with Gasteiger partial charge in [-0.2, -0.15) is 0 Å². The van der Waals surface area contributed by atoms with Crippen LogP contribution in [0.25, 0.3) is 0 Å². The Morgan fingerprint density at radius 3 is 2.29 bits per heavy atom. The normalized spacial score (nSPS) is 22.6. The van der Waals surface area contributed by atoms with Crippen molar-refractivity contribution < 1.29 is 4.39 Å². The smallest absolute Gasteiger partial charge is 0.123 e. The van der Waals surface area contributed by atoms with E-state index in [0.717, 1.165) is 30.8 Å². The van der Waals surface area contributed by atoms with Crippen LogP contribution in [0.15, 0.2) is 18.2 Å². The zero-order chi connectivity index (χ0) is 14.7. The molecule has 1 saturated carbocycles. The van der Waals surface area contributed by atoms with Gasteiger partial charge < -0.3 is 5.73 Å². The minimum Gasteiger partial charge on any atom is -0.326 e. The van der Waals surface area contributed by atoms with Crippen molar-refractivity contribution in [2.24, 2.45) is 11.1 Å². The van der Waals surface area contributed by atoms with Gasteiger partial charge in [-0.15, -0.1) is 0 Å². The summed E-state index contributed by atoms with van der Waals surface area (Å²) in [4.78, 5) is 2.48. The predicted molar refractivity (Wildman–Crippen MR) is 84.3 cm³/mol. The van der Waals surface area contributed by atoms with E-state index in [9.17, 15) is 4.39 Å². The lowest BCUT2D eigenvalue weighted by Crippen LogP contribution is -2.40. The Kier molecular flexibility index (Phi) is 4.60. The summed E-state index contributed by atoms with van der Waals surface area (Å²) in [5.74, 6) is -0.159. The summed E-state index contributed by atoms with van der Waals surface area (Å²) in [7, 11) is 0. The minimum absolute atomic E-state index is 0.159. The first-order valence-corrected chi connectivity index (χ1v) is 8.40. The van der Waals surface area contributed by atoms with Gasteiger partial charge in [-0.1, -0.05) is 25.3 Å². The molecule has 1 aromatic rings. The lowest BCUT2D eigenvalue weighted by molar-refractivity contribution is 0.0641. The number of nitrogens with two attached hydrogens (primary N) is 1. The molecule has 2 fully saturated rings. The number of halogens is 1. The molecule has 1 aromatic carbocycles. The van der Waals surface area contributed by atoms with E-state index >= 15 is 0 Å². The SMILES string of the molecule is NCc1cc(F)cc(CN2CCC3(CCCCC3)CC2)c1. The molecule has 0 atom stereocenters. The highest BCUT2D eigenvalue weighted by atomic mass is 19.1. The summed E-state index contributed by atoms with van der Waals surface area (Å²) in [6.07, 6.45) is 9.78. The average molecular weight is 290 g/mol. The zero-order valence-corrected chi connectivity index (χ0v) is 12.9. The van der Waals surface area contributed by atoms with Crippen molar-refractivity contribution in [2.45, 2.75) is 58.0 Å². The molecule has 0 aromatic heterocycles. The molecule has 0 unspecified atom stereocenters. The number of likely N-dealkylation sites (tertiary alicyclic amines) is 1. The molecule has 1 aliphatic heterocycles. The van der Waals surface area contributed by atoms with E-state index in [1.54, 1.807) is 6.07 Å². The topological polar surface area (TPSA) is 29.3 Å². The maximum Gasteiger partial charge on any atom is 0.123 e. The Labute approximate surface area is 127 Å². The van der Waals surface area contributed by atoms with Gasteiger partial charge >= 0.3 is 0 Å². The van der Waals surface area contributed by atoms with Crippen LogP contribution >= 0.6 is 0 Å².